The molecule has 1 aromatic rings. The summed E-state index contributed by atoms with van der Waals surface area (Å²) in [6.07, 6.45) is 4.87. The Morgan fingerprint density at radius 3 is 2.46 bits per heavy atom. The van der Waals surface area contributed by atoms with E-state index in [-0.39, 0.29) is 35.5 Å². The van der Waals surface area contributed by atoms with Gasteiger partial charge in [-0.2, -0.15) is 0 Å². The monoisotopic (exact) mass is 356 g/mol. The second-order valence-corrected chi connectivity index (χ2v) is 6.83. The summed E-state index contributed by atoms with van der Waals surface area (Å²) in [6, 6.07) is 6.18. The summed E-state index contributed by atoms with van der Waals surface area (Å²) in [6.45, 7) is 1.95. The molecule has 2 fully saturated rings. The van der Waals surface area contributed by atoms with E-state index in [0.29, 0.717) is 19.8 Å². The molecule has 1 aliphatic heterocycles. The lowest BCUT2D eigenvalue weighted by Gasteiger charge is -2.43. The Hall–Kier alpha value is -1.17. The molecule has 1 atom stereocenters. The molecule has 0 bridgehead atoms. The van der Waals surface area contributed by atoms with Gasteiger partial charge in [0.2, 0.25) is 5.91 Å². The molecular weight excluding hydrogens is 331 g/mol. The maximum absolute atomic E-state index is 13.1. The van der Waals surface area contributed by atoms with Crippen molar-refractivity contribution in [3.63, 3.8) is 0 Å². The van der Waals surface area contributed by atoms with Crippen molar-refractivity contribution in [1.29, 1.82) is 0 Å². The van der Waals surface area contributed by atoms with Crippen LogP contribution in [0.3, 0.4) is 0 Å². The summed E-state index contributed by atoms with van der Waals surface area (Å²) in [5.41, 5.74) is 7.17. The van der Waals surface area contributed by atoms with E-state index in [1.807, 2.05) is 12.1 Å². The van der Waals surface area contributed by atoms with Crippen LogP contribution in [0.15, 0.2) is 24.3 Å². The third kappa shape index (κ3) is 4.08. The van der Waals surface area contributed by atoms with Crippen LogP contribution < -0.4 is 11.1 Å². The highest BCUT2D eigenvalue weighted by Crippen LogP contribution is 2.43. The summed E-state index contributed by atoms with van der Waals surface area (Å²) in [4.78, 5) is 12.4. The van der Waals surface area contributed by atoms with E-state index >= 15 is 0 Å². The fraction of sp³-hybridized carbons (Fsp3) is 0.611. The minimum absolute atomic E-state index is 0. The number of rotatable bonds is 5. The number of ether oxygens (including phenoxy) is 1. The van der Waals surface area contributed by atoms with E-state index in [2.05, 4.69) is 5.32 Å². The third-order valence-corrected chi connectivity index (χ3v) is 5.44. The number of nitrogens with one attached hydrogen (secondary N) is 1. The van der Waals surface area contributed by atoms with Crippen LogP contribution in [0.4, 0.5) is 4.39 Å². The molecule has 6 heteroatoms. The topological polar surface area (TPSA) is 64.4 Å². The number of carbonyl (C=O) groups is 1. The average molecular weight is 357 g/mol. The van der Waals surface area contributed by atoms with E-state index in [4.69, 9.17) is 10.5 Å². The molecule has 0 spiro atoms. The molecule has 1 aliphatic carbocycles. The zero-order valence-electron chi connectivity index (χ0n) is 13.8. The normalized spacial score (nSPS) is 21.2. The van der Waals surface area contributed by atoms with E-state index in [1.165, 1.54) is 12.1 Å². The average Bonchev–Trinajstić information content (AvgIpc) is 2.55. The maximum Gasteiger partial charge on any atom is 0.237 e. The Bertz CT molecular complexity index is 542. The Morgan fingerprint density at radius 1 is 1.29 bits per heavy atom. The first-order valence-corrected chi connectivity index (χ1v) is 8.48. The lowest BCUT2D eigenvalue weighted by Crippen LogP contribution is -2.52. The molecule has 0 radical (unpaired) electrons. The highest BCUT2D eigenvalue weighted by molar-refractivity contribution is 5.85. The van der Waals surface area contributed by atoms with Crippen LogP contribution in [0, 0.1) is 11.7 Å². The molecule has 3 rings (SSSR count). The summed E-state index contributed by atoms with van der Waals surface area (Å²) in [7, 11) is 0. The number of halogens is 2. The molecule has 0 aromatic heterocycles. The van der Waals surface area contributed by atoms with Crippen LogP contribution in [0.25, 0.3) is 0 Å². The van der Waals surface area contributed by atoms with Crippen molar-refractivity contribution >= 4 is 18.3 Å². The van der Waals surface area contributed by atoms with Crippen LogP contribution >= 0.6 is 12.4 Å². The van der Waals surface area contributed by atoms with Crippen LogP contribution in [-0.2, 0) is 14.9 Å². The molecule has 1 amide bonds. The van der Waals surface area contributed by atoms with Crippen molar-refractivity contribution in [2.45, 2.75) is 43.6 Å². The SMILES string of the molecule is Cl.NC(C(=O)NCC1(c2ccc(F)cc2)CCC1)C1CCOCC1. The summed E-state index contributed by atoms with van der Waals surface area (Å²) < 4.78 is 18.4. The van der Waals surface area contributed by atoms with E-state index in [0.717, 1.165) is 37.7 Å². The standard InChI is InChI=1S/C18H25FN2O2.ClH/c19-15-4-2-14(3-5-15)18(8-1-9-18)12-21-17(22)16(20)13-6-10-23-11-7-13;/h2-5,13,16H,1,6-12,20H2,(H,21,22);1H. The molecule has 3 N–H and O–H groups in total. The molecule has 1 saturated carbocycles. The maximum atomic E-state index is 13.1. The summed E-state index contributed by atoms with van der Waals surface area (Å²) >= 11 is 0. The highest BCUT2D eigenvalue weighted by Gasteiger charge is 2.39. The fourth-order valence-corrected chi connectivity index (χ4v) is 3.64. The molecule has 4 nitrogen and oxygen atoms in total. The van der Waals surface area contributed by atoms with Crippen molar-refractivity contribution < 1.29 is 13.9 Å². The molecule has 1 unspecified atom stereocenters. The van der Waals surface area contributed by atoms with Gasteiger partial charge in [0, 0.05) is 25.2 Å². The van der Waals surface area contributed by atoms with Crippen molar-refractivity contribution in [1.82, 2.24) is 5.32 Å². The Labute approximate surface area is 148 Å². The van der Waals surface area contributed by atoms with Gasteiger partial charge in [-0.05, 0) is 49.3 Å². The van der Waals surface area contributed by atoms with Gasteiger partial charge < -0.3 is 15.8 Å². The summed E-state index contributed by atoms with van der Waals surface area (Å²) in [5.74, 6) is -0.106. The molecule has 1 saturated heterocycles. The number of nitrogens with two attached hydrogens (primary N) is 1. The van der Waals surface area contributed by atoms with Gasteiger partial charge in [0.1, 0.15) is 5.82 Å². The largest absolute Gasteiger partial charge is 0.381 e. The van der Waals surface area contributed by atoms with Gasteiger partial charge in [-0.15, -0.1) is 12.4 Å². The number of carbonyl (C=O) groups excluding carboxylic acids is 1. The van der Waals surface area contributed by atoms with Gasteiger partial charge in [-0.1, -0.05) is 18.6 Å². The number of hydrogen-bond acceptors (Lipinski definition) is 3. The zero-order valence-corrected chi connectivity index (χ0v) is 14.6. The van der Waals surface area contributed by atoms with Crippen LogP contribution in [0.2, 0.25) is 0 Å². The lowest BCUT2D eigenvalue weighted by molar-refractivity contribution is -0.124. The second kappa shape index (κ2) is 8.28. The lowest BCUT2D eigenvalue weighted by atomic mass is 9.64. The van der Waals surface area contributed by atoms with Crippen molar-refractivity contribution in [3.8, 4) is 0 Å². The van der Waals surface area contributed by atoms with Crippen LogP contribution in [-0.4, -0.2) is 31.7 Å². The molecule has 24 heavy (non-hydrogen) atoms. The number of amides is 1. The molecular formula is C18H26ClFN2O2. The Kier molecular flexibility index (Phi) is 6.61. The smallest absolute Gasteiger partial charge is 0.237 e. The van der Waals surface area contributed by atoms with E-state index in [1.54, 1.807) is 0 Å². The zero-order chi connectivity index (χ0) is 16.3. The van der Waals surface area contributed by atoms with Gasteiger partial charge >= 0.3 is 0 Å². The predicted molar refractivity (Wildman–Crippen MR) is 93.7 cm³/mol. The first-order valence-electron chi connectivity index (χ1n) is 8.48. The summed E-state index contributed by atoms with van der Waals surface area (Å²) in [5, 5.41) is 3.04. The first-order chi connectivity index (χ1) is 11.1. The van der Waals surface area contributed by atoms with Crippen molar-refractivity contribution in [2.75, 3.05) is 19.8 Å². The molecule has 134 valence electrons. The number of hydrogen-bond donors (Lipinski definition) is 2. The van der Waals surface area contributed by atoms with Crippen molar-refractivity contribution in [3.05, 3.63) is 35.6 Å². The van der Waals surface area contributed by atoms with E-state index < -0.39 is 6.04 Å². The third-order valence-electron chi connectivity index (χ3n) is 5.44. The van der Waals surface area contributed by atoms with Crippen molar-refractivity contribution in [2.24, 2.45) is 11.7 Å². The van der Waals surface area contributed by atoms with Gasteiger partial charge in [-0.3, -0.25) is 4.79 Å². The predicted octanol–water partition coefficient (Wildman–Crippen LogP) is 2.54. The highest BCUT2D eigenvalue weighted by atomic mass is 35.5. The Balaban J connectivity index is 0.00000208. The minimum Gasteiger partial charge on any atom is -0.381 e. The van der Waals surface area contributed by atoms with Crippen LogP contribution in [0.1, 0.15) is 37.7 Å². The fourth-order valence-electron chi connectivity index (χ4n) is 3.64. The van der Waals surface area contributed by atoms with E-state index in [9.17, 15) is 9.18 Å². The molecule has 1 aromatic carbocycles. The molecule has 1 heterocycles. The number of benzene rings is 1. The second-order valence-electron chi connectivity index (χ2n) is 6.83. The van der Waals surface area contributed by atoms with Gasteiger partial charge in [0.15, 0.2) is 0 Å². The molecule has 2 aliphatic rings. The van der Waals surface area contributed by atoms with Gasteiger partial charge in [0.05, 0.1) is 6.04 Å². The minimum atomic E-state index is -0.468. The van der Waals surface area contributed by atoms with Crippen LogP contribution in [0.5, 0.6) is 0 Å². The first kappa shape index (κ1) is 19.2. The van der Waals surface area contributed by atoms with Gasteiger partial charge in [0.25, 0.3) is 0 Å². The van der Waals surface area contributed by atoms with Gasteiger partial charge in [-0.25, -0.2) is 4.39 Å². The quantitative estimate of drug-likeness (QED) is 0.852. The Morgan fingerprint density at radius 2 is 1.92 bits per heavy atom.